The molecular weight excluding hydrogens is 324 g/mol. The van der Waals surface area contributed by atoms with Crippen LogP contribution in [-0.4, -0.2) is 43.9 Å². The molecule has 0 aliphatic heterocycles. The molecule has 0 unspecified atom stereocenters. The van der Waals surface area contributed by atoms with Crippen molar-refractivity contribution in [1.82, 2.24) is 10.6 Å². The quantitative estimate of drug-likeness (QED) is 0.700. The molecule has 0 saturated heterocycles. The highest BCUT2D eigenvalue weighted by Crippen LogP contribution is 2.25. The van der Waals surface area contributed by atoms with Gasteiger partial charge in [0.05, 0.1) is 20.1 Å². The Balaban J connectivity index is 1.75. The van der Waals surface area contributed by atoms with Crippen LogP contribution in [0.5, 0.6) is 11.5 Å². The van der Waals surface area contributed by atoms with E-state index < -0.39 is 5.97 Å². The Hall–Kier alpha value is -2.44. The summed E-state index contributed by atoms with van der Waals surface area (Å²) in [6, 6.07) is 5.39. The molecule has 7 nitrogen and oxygen atoms in total. The lowest BCUT2D eigenvalue weighted by Crippen LogP contribution is -2.44. The van der Waals surface area contributed by atoms with Gasteiger partial charge in [0.15, 0.2) is 0 Å². The van der Waals surface area contributed by atoms with Gasteiger partial charge in [-0.1, -0.05) is 0 Å². The Kier molecular flexibility index (Phi) is 6.91. The molecule has 1 aliphatic carbocycles. The van der Waals surface area contributed by atoms with Crippen LogP contribution in [0.15, 0.2) is 18.2 Å². The lowest BCUT2D eigenvalue weighted by Gasteiger charge is -2.26. The van der Waals surface area contributed by atoms with E-state index in [9.17, 15) is 9.59 Å². The van der Waals surface area contributed by atoms with Gasteiger partial charge in [0, 0.05) is 12.6 Å². The normalized spacial score (nSPS) is 19.8. The highest BCUT2D eigenvalue weighted by Gasteiger charge is 2.26. The second kappa shape index (κ2) is 9.15. The van der Waals surface area contributed by atoms with Crippen LogP contribution in [0.4, 0.5) is 4.79 Å². The molecule has 2 rings (SSSR count). The first-order valence-electron chi connectivity index (χ1n) is 8.51. The molecule has 2 amide bonds. The first kappa shape index (κ1) is 18.9. The molecule has 1 aromatic rings. The first-order valence-corrected chi connectivity index (χ1v) is 8.51. The maximum atomic E-state index is 12.0. The van der Waals surface area contributed by atoms with Crippen molar-refractivity contribution in [3.63, 3.8) is 0 Å². The van der Waals surface area contributed by atoms with E-state index in [0.29, 0.717) is 38.6 Å². The molecule has 0 aromatic heterocycles. The maximum absolute atomic E-state index is 12.0. The van der Waals surface area contributed by atoms with Crippen molar-refractivity contribution in [1.29, 1.82) is 0 Å². The summed E-state index contributed by atoms with van der Waals surface area (Å²) in [5, 5.41) is 14.7. The standard InChI is InChI=1S/C18H26N2O5/c1-24-15-7-8-16(25-2)13(11-15)9-10-19-18(23)20-14-5-3-12(4-6-14)17(21)22/h7-8,11-12,14H,3-6,9-10H2,1-2H3,(H,21,22)(H2,19,20,23). The Morgan fingerprint density at radius 3 is 2.48 bits per heavy atom. The average Bonchev–Trinajstić information content (AvgIpc) is 2.62. The van der Waals surface area contributed by atoms with Crippen LogP contribution in [0.25, 0.3) is 0 Å². The van der Waals surface area contributed by atoms with Crippen LogP contribution in [0.2, 0.25) is 0 Å². The van der Waals surface area contributed by atoms with Crippen molar-refractivity contribution < 1.29 is 24.2 Å². The predicted octanol–water partition coefficient (Wildman–Crippen LogP) is 2.19. The van der Waals surface area contributed by atoms with Gasteiger partial charge in [-0.2, -0.15) is 0 Å². The van der Waals surface area contributed by atoms with E-state index in [4.69, 9.17) is 14.6 Å². The van der Waals surface area contributed by atoms with Crippen LogP contribution in [-0.2, 0) is 11.2 Å². The molecule has 138 valence electrons. The van der Waals surface area contributed by atoms with Crippen molar-refractivity contribution in [3.05, 3.63) is 23.8 Å². The highest BCUT2D eigenvalue weighted by molar-refractivity contribution is 5.74. The van der Waals surface area contributed by atoms with Gasteiger partial charge in [0.2, 0.25) is 0 Å². The number of rotatable bonds is 7. The minimum absolute atomic E-state index is 0.0435. The van der Waals surface area contributed by atoms with Gasteiger partial charge in [-0.05, 0) is 55.9 Å². The summed E-state index contributed by atoms with van der Waals surface area (Å²) in [7, 11) is 3.22. The molecule has 0 heterocycles. The van der Waals surface area contributed by atoms with Gasteiger partial charge < -0.3 is 25.2 Å². The van der Waals surface area contributed by atoms with Crippen LogP contribution < -0.4 is 20.1 Å². The van der Waals surface area contributed by atoms with Gasteiger partial charge in [-0.15, -0.1) is 0 Å². The minimum Gasteiger partial charge on any atom is -0.497 e. The molecule has 0 radical (unpaired) electrons. The lowest BCUT2D eigenvalue weighted by atomic mass is 9.86. The van der Waals surface area contributed by atoms with Crippen molar-refractivity contribution >= 4 is 12.0 Å². The monoisotopic (exact) mass is 350 g/mol. The molecule has 0 spiro atoms. The summed E-state index contributed by atoms with van der Waals surface area (Å²) in [5.41, 5.74) is 0.962. The zero-order valence-electron chi connectivity index (χ0n) is 14.7. The van der Waals surface area contributed by atoms with Crippen molar-refractivity contribution in [3.8, 4) is 11.5 Å². The number of carbonyl (C=O) groups excluding carboxylic acids is 1. The molecular formula is C18H26N2O5. The molecule has 1 fully saturated rings. The second-order valence-corrected chi connectivity index (χ2v) is 6.21. The fourth-order valence-electron chi connectivity index (χ4n) is 3.11. The Bertz CT molecular complexity index is 597. The summed E-state index contributed by atoms with van der Waals surface area (Å²) in [6.07, 6.45) is 3.25. The molecule has 0 bridgehead atoms. The third kappa shape index (κ3) is 5.55. The molecule has 3 N–H and O–H groups in total. The number of amides is 2. The second-order valence-electron chi connectivity index (χ2n) is 6.21. The zero-order chi connectivity index (χ0) is 18.2. The van der Waals surface area contributed by atoms with Crippen LogP contribution in [0.3, 0.4) is 0 Å². The van der Waals surface area contributed by atoms with Gasteiger partial charge >= 0.3 is 12.0 Å². The highest BCUT2D eigenvalue weighted by atomic mass is 16.5. The number of carbonyl (C=O) groups is 2. The van der Waals surface area contributed by atoms with E-state index in [0.717, 1.165) is 17.1 Å². The van der Waals surface area contributed by atoms with Crippen molar-refractivity contribution in [2.45, 2.75) is 38.1 Å². The number of nitrogens with one attached hydrogen (secondary N) is 2. The number of carboxylic acids is 1. The summed E-state index contributed by atoms with van der Waals surface area (Å²) in [4.78, 5) is 22.9. The minimum atomic E-state index is -0.741. The summed E-state index contributed by atoms with van der Waals surface area (Å²) < 4.78 is 10.5. The number of urea groups is 1. The fraction of sp³-hybridized carbons (Fsp3) is 0.556. The third-order valence-corrected chi connectivity index (χ3v) is 4.58. The van der Waals surface area contributed by atoms with E-state index >= 15 is 0 Å². The predicted molar refractivity (Wildman–Crippen MR) is 93.2 cm³/mol. The average molecular weight is 350 g/mol. The number of methoxy groups -OCH3 is 2. The van der Waals surface area contributed by atoms with Gasteiger partial charge in [-0.3, -0.25) is 4.79 Å². The molecule has 1 aliphatic rings. The molecule has 25 heavy (non-hydrogen) atoms. The zero-order valence-corrected chi connectivity index (χ0v) is 14.7. The lowest BCUT2D eigenvalue weighted by molar-refractivity contribution is -0.142. The maximum Gasteiger partial charge on any atom is 0.315 e. The number of hydrogen-bond acceptors (Lipinski definition) is 4. The molecule has 7 heteroatoms. The van der Waals surface area contributed by atoms with Gasteiger partial charge in [-0.25, -0.2) is 4.79 Å². The van der Waals surface area contributed by atoms with Crippen molar-refractivity contribution in [2.24, 2.45) is 5.92 Å². The Morgan fingerprint density at radius 2 is 1.88 bits per heavy atom. The van der Waals surface area contributed by atoms with Crippen LogP contribution in [0, 0.1) is 5.92 Å². The summed E-state index contributed by atoms with van der Waals surface area (Å²) in [6.45, 7) is 0.472. The number of benzene rings is 1. The summed E-state index contributed by atoms with van der Waals surface area (Å²) >= 11 is 0. The Morgan fingerprint density at radius 1 is 1.16 bits per heavy atom. The van der Waals surface area contributed by atoms with Crippen molar-refractivity contribution in [2.75, 3.05) is 20.8 Å². The first-order chi connectivity index (χ1) is 12.0. The largest absolute Gasteiger partial charge is 0.497 e. The number of ether oxygens (including phenoxy) is 2. The van der Waals surface area contributed by atoms with E-state index in [2.05, 4.69) is 10.6 Å². The Labute approximate surface area is 147 Å². The van der Waals surface area contributed by atoms with Crippen LogP contribution >= 0.6 is 0 Å². The van der Waals surface area contributed by atoms with Crippen LogP contribution in [0.1, 0.15) is 31.2 Å². The topological polar surface area (TPSA) is 96.9 Å². The number of hydrogen-bond donors (Lipinski definition) is 3. The van der Waals surface area contributed by atoms with Gasteiger partial charge in [0.25, 0.3) is 0 Å². The number of aliphatic carboxylic acids is 1. The number of carboxylic acid groups (broad SMARTS) is 1. The van der Waals surface area contributed by atoms with E-state index in [-0.39, 0.29) is 18.0 Å². The third-order valence-electron chi connectivity index (χ3n) is 4.58. The van der Waals surface area contributed by atoms with Gasteiger partial charge in [0.1, 0.15) is 11.5 Å². The van der Waals surface area contributed by atoms with E-state index in [1.807, 2.05) is 18.2 Å². The summed E-state index contributed by atoms with van der Waals surface area (Å²) in [5.74, 6) is 0.488. The molecule has 1 saturated carbocycles. The fourth-order valence-corrected chi connectivity index (χ4v) is 3.11. The molecule has 1 aromatic carbocycles. The smallest absolute Gasteiger partial charge is 0.315 e. The SMILES string of the molecule is COc1ccc(OC)c(CCNC(=O)NC2CCC(C(=O)O)CC2)c1. The molecule has 0 atom stereocenters. The van der Waals surface area contributed by atoms with E-state index in [1.165, 1.54) is 0 Å². The van der Waals surface area contributed by atoms with E-state index in [1.54, 1.807) is 14.2 Å².